The van der Waals surface area contributed by atoms with Gasteiger partial charge in [-0.25, -0.2) is 0 Å². The molecule has 1 heterocycles. The number of rotatable bonds is 7. The molecule has 0 aromatic heterocycles. The van der Waals surface area contributed by atoms with Gasteiger partial charge in [-0.05, 0) is 68.8 Å². The molecule has 148 valence electrons. The van der Waals surface area contributed by atoms with Crippen molar-refractivity contribution in [2.75, 3.05) is 40.3 Å². The third-order valence-electron chi connectivity index (χ3n) is 5.20. The molecule has 2 rings (SSSR count). The van der Waals surface area contributed by atoms with Gasteiger partial charge in [0, 0.05) is 20.1 Å². The van der Waals surface area contributed by atoms with Crippen molar-refractivity contribution < 1.29 is 0 Å². The Morgan fingerprint density at radius 1 is 1.15 bits per heavy atom. The molecule has 0 atom stereocenters. The van der Waals surface area contributed by atoms with Crippen LogP contribution in [-0.2, 0) is 6.42 Å². The van der Waals surface area contributed by atoms with Gasteiger partial charge in [-0.1, -0.05) is 38.1 Å². The van der Waals surface area contributed by atoms with Crippen molar-refractivity contribution in [3.63, 3.8) is 0 Å². The van der Waals surface area contributed by atoms with Gasteiger partial charge in [-0.2, -0.15) is 0 Å². The number of hydrogen-bond acceptors (Lipinski definition) is 2. The van der Waals surface area contributed by atoms with E-state index < -0.39 is 0 Å². The summed E-state index contributed by atoms with van der Waals surface area (Å²) in [5.74, 6) is 2.32. The highest BCUT2D eigenvalue weighted by molar-refractivity contribution is 14.0. The van der Waals surface area contributed by atoms with Gasteiger partial charge in [0.25, 0.3) is 0 Å². The fourth-order valence-corrected chi connectivity index (χ4v) is 3.30. The number of nitrogens with zero attached hydrogens (tertiary/aromatic N) is 2. The van der Waals surface area contributed by atoms with E-state index in [0.29, 0.717) is 5.92 Å². The molecule has 1 saturated heterocycles. The summed E-state index contributed by atoms with van der Waals surface area (Å²) >= 11 is 0. The lowest BCUT2D eigenvalue weighted by molar-refractivity contribution is 0.220. The Morgan fingerprint density at radius 2 is 1.81 bits per heavy atom. The molecule has 0 aliphatic carbocycles. The molecule has 0 spiro atoms. The average molecular weight is 472 g/mol. The van der Waals surface area contributed by atoms with Crippen molar-refractivity contribution in [1.29, 1.82) is 0 Å². The van der Waals surface area contributed by atoms with Gasteiger partial charge in [0.2, 0.25) is 0 Å². The molecule has 26 heavy (non-hydrogen) atoms. The zero-order chi connectivity index (χ0) is 18.1. The number of likely N-dealkylation sites (tertiary alicyclic amines) is 1. The Labute approximate surface area is 177 Å². The number of piperidine rings is 1. The van der Waals surface area contributed by atoms with Gasteiger partial charge < -0.3 is 15.5 Å². The Bertz CT molecular complexity index is 519. The average Bonchev–Trinajstić information content (AvgIpc) is 2.63. The van der Waals surface area contributed by atoms with Gasteiger partial charge in [0.15, 0.2) is 5.96 Å². The van der Waals surface area contributed by atoms with Gasteiger partial charge in [-0.15, -0.1) is 24.0 Å². The smallest absolute Gasteiger partial charge is 0.190 e. The van der Waals surface area contributed by atoms with E-state index in [0.717, 1.165) is 37.8 Å². The van der Waals surface area contributed by atoms with Gasteiger partial charge in [-0.3, -0.25) is 4.99 Å². The summed E-state index contributed by atoms with van der Waals surface area (Å²) in [4.78, 5) is 6.76. The van der Waals surface area contributed by atoms with E-state index in [-0.39, 0.29) is 24.0 Å². The molecule has 2 N–H and O–H groups in total. The van der Waals surface area contributed by atoms with Crippen LogP contribution in [0.1, 0.15) is 50.2 Å². The Balaban J connectivity index is 0.00000338. The molecule has 1 aliphatic rings. The van der Waals surface area contributed by atoms with E-state index in [9.17, 15) is 0 Å². The van der Waals surface area contributed by atoms with Crippen LogP contribution in [0.2, 0.25) is 0 Å². The predicted octanol–water partition coefficient (Wildman–Crippen LogP) is 3.87. The zero-order valence-electron chi connectivity index (χ0n) is 16.9. The molecule has 1 fully saturated rings. The lowest BCUT2D eigenvalue weighted by Gasteiger charge is -2.29. The van der Waals surface area contributed by atoms with E-state index in [1.807, 2.05) is 7.05 Å². The predicted molar refractivity (Wildman–Crippen MR) is 124 cm³/mol. The Hall–Kier alpha value is -0.820. The topological polar surface area (TPSA) is 39.7 Å². The van der Waals surface area contributed by atoms with Crippen LogP contribution in [0.3, 0.4) is 0 Å². The number of aliphatic imine (C=N–C) groups is 1. The number of nitrogens with one attached hydrogen (secondary N) is 2. The summed E-state index contributed by atoms with van der Waals surface area (Å²) < 4.78 is 0. The van der Waals surface area contributed by atoms with Gasteiger partial charge in [0.1, 0.15) is 0 Å². The molecule has 1 aromatic carbocycles. The first-order valence-electron chi connectivity index (χ1n) is 9.80. The van der Waals surface area contributed by atoms with Crippen molar-refractivity contribution in [3.8, 4) is 0 Å². The van der Waals surface area contributed by atoms with Gasteiger partial charge >= 0.3 is 0 Å². The summed E-state index contributed by atoms with van der Waals surface area (Å²) in [7, 11) is 4.06. The number of halogens is 1. The van der Waals surface area contributed by atoms with Crippen LogP contribution in [0.15, 0.2) is 29.3 Å². The number of hydrogen-bond donors (Lipinski definition) is 2. The summed E-state index contributed by atoms with van der Waals surface area (Å²) in [6.07, 6.45) is 4.80. The standard InChI is InChI=1S/C21H36N4.HI/c1-17(2)20-9-7-18(8-10-20)6-5-13-23-21(22-3)24-16-19-11-14-25(4)15-12-19;/h7-10,17,19H,5-6,11-16H2,1-4H3,(H2,22,23,24);1H. The van der Waals surface area contributed by atoms with Crippen molar-refractivity contribution >= 4 is 29.9 Å². The molecule has 1 aliphatic heterocycles. The molecule has 0 bridgehead atoms. The number of aryl methyl sites for hydroxylation is 1. The zero-order valence-corrected chi connectivity index (χ0v) is 19.3. The van der Waals surface area contributed by atoms with Gasteiger partial charge in [0.05, 0.1) is 0 Å². The second-order valence-corrected chi connectivity index (χ2v) is 7.63. The van der Waals surface area contributed by atoms with Crippen molar-refractivity contribution in [3.05, 3.63) is 35.4 Å². The quantitative estimate of drug-likeness (QED) is 0.274. The third kappa shape index (κ3) is 8.25. The van der Waals surface area contributed by atoms with Crippen molar-refractivity contribution in [2.45, 2.75) is 45.4 Å². The van der Waals surface area contributed by atoms with Crippen LogP contribution in [0.4, 0.5) is 0 Å². The highest BCUT2D eigenvalue weighted by Crippen LogP contribution is 2.16. The number of benzene rings is 1. The number of guanidine groups is 1. The molecule has 0 saturated carbocycles. The van der Waals surface area contributed by atoms with E-state index in [4.69, 9.17) is 0 Å². The molecule has 0 radical (unpaired) electrons. The molecule has 1 aromatic rings. The van der Waals surface area contributed by atoms with Crippen LogP contribution in [0.5, 0.6) is 0 Å². The first-order chi connectivity index (χ1) is 12.1. The highest BCUT2D eigenvalue weighted by Gasteiger charge is 2.16. The van der Waals surface area contributed by atoms with Crippen LogP contribution < -0.4 is 10.6 Å². The minimum Gasteiger partial charge on any atom is -0.356 e. The third-order valence-corrected chi connectivity index (χ3v) is 5.20. The van der Waals surface area contributed by atoms with Crippen molar-refractivity contribution in [1.82, 2.24) is 15.5 Å². The molecule has 4 nitrogen and oxygen atoms in total. The lowest BCUT2D eigenvalue weighted by Crippen LogP contribution is -2.42. The van der Waals surface area contributed by atoms with E-state index in [1.54, 1.807) is 0 Å². The second-order valence-electron chi connectivity index (χ2n) is 7.63. The molecular formula is C21H37IN4. The first-order valence-corrected chi connectivity index (χ1v) is 9.80. The van der Waals surface area contributed by atoms with Crippen LogP contribution >= 0.6 is 24.0 Å². The first kappa shape index (κ1) is 23.2. The highest BCUT2D eigenvalue weighted by atomic mass is 127. The fourth-order valence-electron chi connectivity index (χ4n) is 3.30. The van der Waals surface area contributed by atoms with Crippen LogP contribution in [-0.4, -0.2) is 51.1 Å². The maximum absolute atomic E-state index is 4.35. The molecule has 0 amide bonds. The van der Waals surface area contributed by atoms with Crippen LogP contribution in [0.25, 0.3) is 0 Å². The lowest BCUT2D eigenvalue weighted by atomic mass is 9.97. The Kier molecular flexibility index (Phi) is 11.2. The largest absolute Gasteiger partial charge is 0.356 e. The summed E-state index contributed by atoms with van der Waals surface area (Å²) in [6.45, 7) is 8.90. The normalized spacial score (nSPS) is 16.4. The maximum Gasteiger partial charge on any atom is 0.190 e. The summed E-state index contributed by atoms with van der Waals surface area (Å²) in [5, 5.41) is 6.94. The van der Waals surface area contributed by atoms with Crippen molar-refractivity contribution in [2.24, 2.45) is 10.9 Å². The minimum atomic E-state index is 0. The molecular weight excluding hydrogens is 435 g/mol. The maximum atomic E-state index is 4.35. The fraction of sp³-hybridized carbons (Fsp3) is 0.667. The van der Waals surface area contributed by atoms with Crippen LogP contribution in [0, 0.1) is 5.92 Å². The van der Waals surface area contributed by atoms with E-state index in [1.165, 1.54) is 37.1 Å². The second kappa shape index (κ2) is 12.5. The molecule has 0 unspecified atom stereocenters. The monoisotopic (exact) mass is 472 g/mol. The van der Waals surface area contributed by atoms with E-state index in [2.05, 4.69) is 65.7 Å². The molecule has 5 heteroatoms. The Morgan fingerprint density at radius 3 is 2.38 bits per heavy atom. The van der Waals surface area contributed by atoms with E-state index >= 15 is 0 Å². The minimum absolute atomic E-state index is 0. The summed E-state index contributed by atoms with van der Waals surface area (Å²) in [6, 6.07) is 9.05. The summed E-state index contributed by atoms with van der Waals surface area (Å²) in [5.41, 5.74) is 2.83. The SMILES string of the molecule is CN=C(NCCCc1ccc(C(C)C)cc1)NCC1CCN(C)CC1.I.